The molecular formula is C16H29NO2. The van der Waals surface area contributed by atoms with E-state index in [0.29, 0.717) is 11.3 Å². The third-order valence-corrected chi connectivity index (χ3v) is 5.07. The van der Waals surface area contributed by atoms with Crippen molar-refractivity contribution in [3.63, 3.8) is 0 Å². The molecule has 0 radical (unpaired) electrons. The van der Waals surface area contributed by atoms with Crippen molar-refractivity contribution in [2.45, 2.75) is 64.8 Å². The van der Waals surface area contributed by atoms with E-state index in [4.69, 9.17) is 4.74 Å². The van der Waals surface area contributed by atoms with Crippen LogP contribution in [0.3, 0.4) is 0 Å². The molecule has 2 fully saturated rings. The Labute approximate surface area is 117 Å². The third kappa shape index (κ3) is 3.50. The van der Waals surface area contributed by atoms with Crippen molar-refractivity contribution < 1.29 is 9.53 Å². The number of rotatable bonds is 4. The minimum atomic E-state index is -0.404. The van der Waals surface area contributed by atoms with E-state index in [1.165, 1.54) is 20.0 Å². The molecule has 110 valence electrons. The van der Waals surface area contributed by atoms with Crippen molar-refractivity contribution in [2.75, 3.05) is 13.7 Å². The molecule has 3 heteroatoms. The Balaban J connectivity index is 1.98. The second kappa shape index (κ2) is 5.43. The van der Waals surface area contributed by atoms with Gasteiger partial charge in [0.05, 0.1) is 7.11 Å². The van der Waals surface area contributed by atoms with Gasteiger partial charge in [-0.3, -0.25) is 4.79 Å². The molecule has 0 amide bonds. The molecule has 0 aromatic rings. The first-order chi connectivity index (χ1) is 8.87. The van der Waals surface area contributed by atoms with E-state index in [1.54, 1.807) is 0 Å². The number of nitrogens with one attached hydrogen (secondary N) is 1. The first-order valence-corrected chi connectivity index (χ1v) is 7.71. The van der Waals surface area contributed by atoms with Crippen LogP contribution in [-0.2, 0) is 9.53 Å². The highest BCUT2D eigenvalue weighted by molar-refractivity contribution is 5.80. The number of esters is 1. The van der Waals surface area contributed by atoms with Gasteiger partial charge in [0.1, 0.15) is 5.54 Å². The van der Waals surface area contributed by atoms with E-state index in [1.807, 2.05) is 0 Å². The lowest BCUT2D eigenvalue weighted by atomic mass is 9.67. The molecule has 1 N–H and O–H groups in total. The van der Waals surface area contributed by atoms with Gasteiger partial charge in [-0.05, 0) is 62.3 Å². The molecule has 19 heavy (non-hydrogen) atoms. The molecule has 0 saturated heterocycles. The molecule has 3 nitrogen and oxygen atoms in total. The van der Waals surface area contributed by atoms with Gasteiger partial charge in [0.15, 0.2) is 0 Å². The van der Waals surface area contributed by atoms with Crippen LogP contribution in [0, 0.1) is 17.3 Å². The molecule has 0 aliphatic heterocycles. The predicted molar refractivity (Wildman–Crippen MR) is 76.9 cm³/mol. The van der Waals surface area contributed by atoms with Crippen molar-refractivity contribution >= 4 is 5.97 Å². The summed E-state index contributed by atoms with van der Waals surface area (Å²) in [6.07, 6.45) is 6.72. The zero-order valence-corrected chi connectivity index (χ0v) is 12.9. The Bertz CT molecular complexity index is 320. The number of ether oxygens (including phenoxy) is 1. The number of hydrogen-bond donors (Lipinski definition) is 1. The Kier molecular flexibility index (Phi) is 4.24. The van der Waals surface area contributed by atoms with Gasteiger partial charge in [0, 0.05) is 0 Å². The predicted octanol–water partition coefficient (Wildman–Crippen LogP) is 3.13. The van der Waals surface area contributed by atoms with Gasteiger partial charge >= 0.3 is 5.97 Å². The molecule has 2 aliphatic rings. The monoisotopic (exact) mass is 267 g/mol. The summed E-state index contributed by atoms with van der Waals surface area (Å²) in [5.41, 5.74) is -0.0577. The Morgan fingerprint density at radius 3 is 2.21 bits per heavy atom. The summed E-state index contributed by atoms with van der Waals surface area (Å²) in [5.74, 6) is 1.45. The maximum Gasteiger partial charge on any atom is 0.326 e. The zero-order chi connectivity index (χ0) is 14.1. The van der Waals surface area contributed by atoms with Crippen molar-refractivity contribution in [3.05, 3.63) is 0 Å². The second-order valence-corrected chi connectivity index (χ2v) is 7.54. The molecule has 2 saturated carbocycles. The third-order valence-electron chi connectivity index (χ3n) is 5.07. The summed E-state index contributed by atoms with van der Waals surface area (Å²) in [4.78, 5) is 12.2. The van der Waals surface area contributed by atoms with E-state index >= 15 is 0 Å². The Morgan fingerprint density at radius 1 is 1.21 bits per heavy atom. The van der Waals surface area contributed by atoms with Gasteiger partial charge in [0.2, 0.25) is 0 Å². The van der Waals surface area contributed by atoms with Crippen molar-refractivity contribution in [1.82, 2.24) is 5.32 Å². The smallest absolute Gasteiger partial charge is 0.326 e. The highest BCUT2D eigenvalue weighted by Gasteiger charge is 2.45. The lowest BCUT2D eigenvalue weighted by Gasteiger charge is -2.42. The minimum absolute atomic E-state index is 0.0551. The quantitative estimate of drug-likeness (QED) is 0.795. The Hall–Kier alpha value is -0.570. The van der Waals surface area contributed by atoms with Crippen LogP contribution in [0.2, 0.25) is 0 Å². The second-order valence-electron chi connectivity index (χ2n) is 7.54. The van der Waals surface area contributed by atoms with Gasteiger partial charge in [-0.25, -0.2) is 0 Å². The molecular weight excluding hydrogens is 238 g/mol. The highest BCUT2D eigenvalue weighted by Crippen LogP contribution is 2.42. The van der Waals surface area contributed by atoms with Gasteiger partial charge < -0.3 is 10.1 Å². The fraction of sp³-hybridized carbons (Fsp3) is 0.938. The van der Waals surface area contributed by atoms with E-state index in [0.717, 1.165) is 38.1 Å². The molecule has 2 aliphatic carbocycles. The molecule has 2 rings (SSSR count). The van der Waals surface area contributed by atoms with Gasteiger partial charge in [-0.1, -0.05) is 20.8 Å². The Morgan fingerprint density at radius 2 is 1.79 bits per heavy atom. The number of methoxy groups -OCH3 is 1. The van der Waals surface area contributed by atoms with Gasteiger partial charge in [-0.2, -0.15) is 0 Å². The average Bonchev–Trinajstić information content (AvgIpc) is 3.19. The van der Waals surface area contributed by atoms with Crippen LogP contribution in [0.15, 0.2) is 0 Å². The van der Waals surface area contributed by atoms with Crippen LogP contribution in [0.5, 0.6) is 0 Å². The van der Waals surface area contributed by atoms with Crippen molar-refractivity contribution in [1.29, 1.82) is 0 Å². The van der Waals surface area contributed by atoms with Crippen LogP contribution in [-0.4, -0.2) is 25.2 Å². The van der Waals surface area contributed by atoms with Crippen molar-refractivity contribution in [3.8, 4) is 0 Å². The highest BCUT2D eigenvalue weighted by atomic mass is 16.5. The molecule has 0 spiro atoms. The lowest BCUT2D eigenvalue weighted by molar-refractivity contribution is -0.151. The van der Waals surface area contributed by atoms with Crippen molar-refractivity contribution in [2.24, 2.45) is 17.3 Å². The fourth-order valence-electron chi connectivity index (χ4n) is 3.29. The topological polar surface area (TPSA) is 38.3 Å². The normalized spacial score (nSPS) is 32.1. The molecule has 0 bridgehead atoms. The van der Waals surface area contributed by atoms with E-state index in [9.17, 15) is 4.79 Å². The van der Waals surface area contributed by atoms with Crippen LogP contribution in [0.4, 0.5) is 0 Å². The summed E-state index contributed by atoms with van der Waals surface area (Å²) in [6, 6.07) is 0. The summed E-state index contributed by atoms with van der Waals surface area (Å²) in [5, 5.41) is 3.55. The van der Waals surface area contributed by atoms with E-state index in [-0.39, 0.29) is 5.97 Å². The SMILES string of the molecule is COC(=O)C1(NCC2CC2)CCC(C(C)(C)C)CC1. The number of carbonyl (C=O) groups is 1. The molecule has 0 atom stereocenters. The average molecular weight is 267 g/mol. The summed E-state index contributed by atoms with van der Waals surface area (Å²) in [6.45, 7) is 7.90. The van der Waals surface area contributed by atoms with Crippen LogP contribution in [0.25, 0.3) is 0 Å². The van der Waals surface area contributed by atoms with E-state index < -0.39 is 5.54 Å². The molecule has 0 aromatic carbocycles. The summed E-state index contributed by atoms with van der Waals surface area (Å²) < 4.78 is 5.07. The van der Waals surface area contributed by atoms with E-state index in [2.05, 4.69) is 26.1 Å². The van der Waals surface area contributed by atoms with Gasteiger partial charge in [-0.15, -0.1) is 0 Å². The fourth-order valence-corrected chi connectivity index (χ4v) is 3.29. The first kappa shape index (κ1) is 14.8. The molecule has 0 unspecified atom stereocenters. The largest absolute Gasteiger partial charge is 0.468 e. The minimum Gasteiger partial charge on any atom is -0.468 e. The molecule has 0 aromatic heterocycles. The summed E-state index contributed by atoms with van der Waals surface area (Å²) >= 11 is 0. The first-order valence-electron chi connectivity index (χ1n) is 7.71. The van der Waals surface area contributed by atoms with Crippen LogP contribution in [0.1, 0.15) is 59.3 Å². The standard InChI is InChI=1S/C16H29NO2/c1-15(2,3)13-7-9-16(10-8-13,14(18)19-4)17-11-12-5-6-12/h12-13,17H,5-11H2,1-4H3. The summed E-state index contributed by atoms with van der Waals surface area (Å²) in [7, 11) is 1.51. The lowest BCUT2D eigenvalue weighted by Crippen LogP contribution is -2.56. The van der Waals surface area contributed by atoms with Crippen LogP contribution >= 0.6 is 0 Å². The maximum absolute atomic E-state index is 12.2. The van der Waals surface area contributed by atoms with Crippen LogP contribution < -0.4 is 5.32 Å². The van der Waals surface area contributed by atoms with Gasteiger partial charge in [0.25, 0.3) is 0 Å². The number of carbonyl (C=O) groups excluding carboxylic acids is 1. The maximum atomic E-state index is 12.2. The zero-order valence-electron chi connectivity index (χ0n) is 12.9. The number of hydrogen-bond acceptors (Lipinski definition) is 3. The molecule has 0 heterocycles.